The number of alkyl halides is 1. The van der Waals surface area contributed by atoms with Crippen molar-refractivity contribution < 1.29 is 48.6 Å². The second kappa shape index (κ2) is 26.5. The van der Waals surface area contributed by atoms with Crippen molar-refractivity contribution in [3.63, 3.8) is 0 Å². The number of imidazole rings is 1. The lowest BCUT2D eigenvalue weighted by Crippen LogP contribution is -2.61. The van der Waals surface area contributed by atoms with Crippen LogP contribution in [0.5, 0.6) is 0 Å². The highest BCUT2D eigenvalue weighted by molar-refractivity contribution is 6.17. The number of aliphatic hydroxyl groups is 1. The lowest BCUT2D eigenvalue weighted by atomic mass is 10.0. The summed E-state index contributed by atoms with van der Waals surface area (Å²) in [6, 6.07) is -7.42. The van der Waals surface area contributed by atoms with Crippen LogP contribution in [0.3, 0.4) is 0 Å². The summed E-state index contributed by atoms with van der Waals surface area (Å²) >= 11 is 5.71. The van der Waals surface area contributed by atoms with Gasteiger partial charge in [0.25, 0.3) is 5.91 Å². The number of halogens is 1. The number of nitrogens with two attached hydrogens (primary N) is 5. The minimum atomic E-state index is -1.79. The number of aliphatic hydroxyl groups excluding tert-OH is 1. The number of aliphatic imine (C=N–C) groups is 2. The van der Waals surface area contributed by atoms with Crippen molar-refractivity contribution in [3.05, 3.63) is 22.5 Å². The van der Waals surface area contributed by atoms with Gasteiger partial charge in [-0.1, -0.05) is 19.1 Å². The Hall–Kier alpha value is -7.17. The van der Waals surface area contributed by atoms with Gasteiger partial charge < -0.3 is 70.8 Å². The third-order valence-electron chi connectivity index (χ3n) is 9.13. The van der Waals surface area contributed by atoms with Crippen LogP contribution in [0.1, 0.15) is 69.8 Å². The second-order valence-electron chi connectivity index (χ2n) is 14.7. The molecule has 18 N–H and O–H groups in total. The number of amides is 7. The molecule has 2 aromatic rings. The standard InChI is InChI=1S/C35H57ClN18O11/c1-16(2)23(30(62)44-14-21(56)46-18(26(37)59)6-4-11-42-33(38)39)49-31(63)24(17(3)55)50-29(61)20(8-9-22(57)58)47-28(60)19(7-5-12-43-34(40)41)48-32(64)25-27-51-52-54(13-10-36)35(65)53(27)15-45-25/h15-20,23-24,55H,4-14H2,1-3H3,(H2,37,59)(H,44,62)(H,46,56)(H,47,60)(H,48,64)(H,49,63)(H,50,61)(H,57,58)(H4,38,39,42)(H4,40,41,43)/t17-,18+,19+,20+,23+,24+/m1/s1. The molecule has 0 fully saturated rings. The fourth-order valence-corrected chi connectivity index (χ4v) is 5.93. The number of carboxylic acids is 1. The van der Waals surface area contributed by atoms with E-state index in [1.165, 1.54) is 0 Å². The van der Waals surface area contributed by atoms with Crippen LogP contribution < -0.4 is 66.3 Å². The molecule has 0 radical (unpaired) electrons. The van der Waals surface area contributed by atoms with Gasteiger partial charge in [0.05, 0.1) is 19.2 Å². The summed E-state index contributed by atoms with van der Waals surface area (Å²) < 4.78 is 1.87. The van der Waals surface area contributed by atoms with Crippen molar-refractivity contribution in [2.45, 2.75) is 102 Å². The first kappa shape index (κ1) is 54.0. The molecule has 0 aliphatic carbocycles. The van der Waals surface area contributed by atoms with Gasteiger partial charge in [-0.15, -0.1) is 16.7 Å². The number of carboxylic acid groups (broad SMARTS) is 1. The molecule has 2 aromatic heterocycles. The summed E-state index contributed by atoms with van der Waals surface area (Å²) in [6.07, 6.45) is -1.54. The molecule has 6 atom stereocenters. The molecule has 30 heteroatoms. The van der Waals surface area contributed by atoms with Crippen LogP contribution in [0.2, 0.25) is 0 Å². The van der Waals surface area contributed by atoms with Crippen LogP contribution in [0.4, 0.5) is 0 Å². The van der Waals surface area contributed by atoms with Gasteiger partial charge in [-0.05, 0) is 44.9 Å². The molecule has 360 valence electrons. The fourth-order valence-electron chi connectivity index (χ4n) is 5.77. The van der Waals surface area contributed by atoms with Gasteiger partial charge in [-0.2, -0.15) is 4.68 Å². The summed E-state index contributed by atoms with van der Waals surface area (Å²) in [6.45, 7) is 3.75. The molecule has 7 amide bonds. The Morgan fingerprint density at radius 2 is 1.34 bits per heavy atom. The molecule has 65 heavy (non-hydrogen) atoms. The molecule has 0 bridgehead atoms. The van der Waals surface area contributed by atoms with Crippen molar-refractivity contribution in [3.8, 4) is 0 Å². The van der Waals surface area contributed by atoms with Gasteiger partial charge in [-0.3, -0.25) is 48.3 Å². The predicted molar refractivity (Wildman–Crippen MR) is 230 cm³/mol. The number of rotatable bonds is 28. The highest BCUT2D eigenvalue weighted by atomic mass is 35.5. The molecule has 0 spiro atoms. The van der Waals surface area contributed by atoms with E-state index in [0.717, 1.165) is 22.3 Å². The van der Waals surface area contributed by atoms with Crippen LogP contribution in [0, 0.1) is 5.92 Å². The summed E-state index contributed by atoms with van der Waals surface area (Å²) in [5.41, 5.74) is 25.4. The minimum Gasteiger partial charge on any atom is -0.481 e. The van der Waals surface area contributed by atoms with Gasteiger partial charge in [0.2, 0.25) is 35.4 Å². The number of primary amides is 1. The van der Waals surface area contributed by atoms with Crippen molar-refractivity contribution in [2.75, 3.05) is 25.5 Å². The van der Waals surface area contributed by atoms with Crippen molar-refractivity contribution in [2.24, 2.45) is 44.6 Å². The minimum absolute atomic E-state index is 0.00374. The molecule has 2 rings (SSSR count). The number of nitrogens with zero attached hydrogens (tertiary/aromatic N) is 7. The van der Waals surface area contributed by atoms with E-state index in [0.29, 0.717) is 0 Å². The molecule has 0 saturated carbocycles. The Kier molecular flexibility index (Phi) is 22.0. The van der Waals surface area contributed by atoms with Gasteiger partial charge in [0, 0.05) is 25.4 Å². The maximum absolute atomic E-state index is 13.8. The first-order valence-corrected chi connectivity index (χ1v) is 20.6. The molecular formula is C35H57ClN18O11. The second-order valence-corrected chi connectivity index (χ2v) is 15.1. The van der Waals surface area contributed by atoms with E-state index in [-0.39, 0.29) is 68.8 Å². The number of hydrogen-bond acceptors (Lipinski definition) is 15. The zero-order valence-electron chi connectivity index (χ0n) is 35.9. The highest BCUT2D eigenvalue weighted by Gasteiger charge is 2.35. The van der Waals surface area contributed by atoms with E-state index in [1.54, 1.807) is 13.8 Å². The third-order valence-corrected chi connectivity index (χ3v) is 9.30. The molecular weight excluding hydrogens is 884 g/mol. The zero-order chi connectivity index (χ0) is 49.0. The van der Waals surface area contributed by atoms with Crippen LogP contribution >= 0.6 is 11.6 Å². The van der Waals surface area contributed by atoms with Crippen LogP contribution in [0.25, 0.3) is 5.65 Å². The number of carbonyl (C=O) groups is 8. The smallest absolute Gasteiger partial charge is 0.353 e. The molecule has 0 aliphatic heterocycles. The van der Waals surface area contributed by atoms with Crippen LogP contribution in [0.15, 0.2) is 21.1 Å². The molecule has 29 nitrogen and oxygen atoms in total. The molecule has 0 unspecified atom stereocenters. The number of fused-ring (bicyclic) bond motifs is 1. The van der Waals surface area contributed by atoms with Gasteiger partial charge in [-0.25, -0.2) is 14.2 Å². The number of guanidine groups is 2. The Balaban J connectivity index is 2.26. The maximum atomic E-state index is 13.8. The quantitative estimate of drug-likeness (QED) is 0.0163. The van der Waals surface area contributed by atoms with E-state index in [1.807, 2.05) is 0 Å². The normalized spacial score (nSPS) is 13.8. The number of hydrogen-bond donors (Lipinski definition) is 13. The van der Waals surface area contributed by atoms with E-state index in [2.05, 4.69) is 57.2 Å². The van der Waals surface area contributed by atoms with E-state index >= 15 is 0 Å². The number of aromatic nitrogens is 5. The van der Waals surface area contributed by atoms with Crippen molar-refractivity contribution in [1.82, 2.24) is 56.3 Å². The number of aryl methyl sites for hydroxylation is 1. The Morgan fingerprint density at radius 1 is 0.769 bits per heavy atom. The molecule has 2 heterocycles. The van der Waals surface area contributed by atoms with Gasteiger partial charge in [0.15, 0.2) is 23.3 Å². The Labute approximate surface area is 375 Å². The van der Waals surface area contributed by atoms with Crippen LogP contribution in [-0.4, -0.2) is 156 Å². The lowest BCUT2D eigenvalue weighted by molar-refractivity contribution is -0.139. The summed E-state index contributed by atoms with van der Waals surface area (Å²) in [4.78, 5) is 128. The highest BCUT2D eigenvalue weighted by Crippen LogP contribution is 2.09. The third kappa shape index (κ3) is 17.9. The predicted octanol–water partition coefficient (Wildman–Crippen LogP) is -6.83. The number of nitrogens with one attached hydrogen (secondary N) is 6. The fraction of sp³-hybridized carbons (Fsp3) is 0.600. The first-order chi connectivity index (χ1) is 30.6. The first-order valence-electron chi connectivity index (χ1n) is 20.0. The van der Waals surface area contributed by atoms with E-state index in [9.17, 15) is 53.4 Å². The van der Waals surface area contributed by atoms with E-state index < -0.39 is 120 Å². The van der Waals surface area contributed by atoms with Gasteiger partial charge in [0.1, 0.15) is 36.5 Å². The summed E-state index contributed by atoms with van der Waals surface area (Å²) in [5, 5.41) is 41.9. The average Bonchev–Trinajstić information content (AvgIpc) is 3.67. The van der Waals surface area contributed by atoms with Crippen molar-refractivity contribution >= 4 is 76.5 Å². The SMILES string of the molecule is CC(C)[C@H](NC(=O)[C@@H](NC(=O)[C@H](CCC(=O)O)NC(=O)[C@H](CCCN=C(N)N)NC(=O)c1ncn2c(=O)n(CCCl)nnc12)[C@@H](C)O)C(=O)NCC(=O)N[C@@H](CCCN=C(N)N)C(N)=O. The molecule has 0 aliphatic rings. The van der Waals surface area contributed by atoms with Crippen molar-refractivity contribution in [1.29, 1.82) is 0 Å². The topological polar surface area (TPSA) is 469 Å². The van der Waals surface area contributed by atoms with Crippen LogP contribution in [-0.2, 0) is 40.1 Å². The Morgan fingerprint density at radius 3 is 1.88 bits per heavy atom. The molecule has 0 saturated heterocycles. The number of aliphatic carboxylic acids is 1. The molecule has 0 aromatic carbocycles. The maximum Gasteiger partial charge on any atom is 0.353 e. The summed E-state index contributed by atoms with van der Waals surface area (Å²) in [5.74, 6) is -9.12. The monoisotopic (exact) mass is 940 g/mol. The average molecular weight is 941 g/mol. The largest absolute Gasteiger partial charge is 0.481 e. The zero-order valence-corrected chi connectivity index (χ0v) is 36.6. The van der Waals surface area contributed by atoms with Gasteiger partial charge >= 0.3 is 11.7 Å². The summed E-state index contributed by atoms with van der Waals surface area (Å²) in [7, 11) is 0. The Bertz CT molecular complexity index is 2130. The number of carbonyl (C=O) groups excluding carboxylic acids is 7. The van der Waals surface area contributed by atoms with E-state index in [4.69, 9.17) is 40.3 Å². The lowest BCUT2D eigenvalue weighted by Gasteiger charge is -2.28.